The van der Waals surface area contributed by atoms with Crippen molar-refractivity contribution >= 4 is 11.6 Å². The van der Waals surface area contributed by atoms with Crippen LogP contribution in [0.4, 0.5) is 13.2 Å². The standard InChI is InChI=1S/C9H9ClF3NO/c10-3-7-1-2-8(14-4-7)5-15-6-9(11,12)13/h1-2,4H,3,5-6H2. The monoisotopic (exact) mass is 239 g/mol. The maximum Gasteiger partial charge on any atom is 0.411 e. The minimum atomic E-state index is -4.30. The van der Waals surface area contributed by atoms with E-state index in [9.17, 15) is 13.2 Å². The zero-order valence-corrected chi connectivity index (χ0v) is 8.48. The van der Waals surface area contributed by atoms with E-state index in [0.29, 0.717) is 11.6 Å². The van der Waals surface area contributed by atoms with E-state index in [2.05, 4.69) is 9.72 Å². The predicted molar refractivity (Wildman–Crippen MR) is 49.5 cm³/mol. The predicted octanol–water partition coefficient (Wildman–Crippen LogP) is 2.90. The van der Waals surface area contributed by atoms with Gasteiger partial charge in [0.05, 0.1) is 12.3 Å². The highest BCUT2D eigenvalue weighted by Crippen LogP contribution is 2.15. The van der Waals surface area contributed by atoms with Crippen LogP contribution in [0.3, 0.4) is 0 Å². The summed E-state index contributed by atoms with van der Waals surface area (Å²) in [5.41, 5.74) is 1.27. The zero-order valence-electron chi connectivity index (χ0n) is 7.72. The smallest absolute Gasteiger partial charge is 0.366 e. The first kappa shape index (κ1) is 12.3. The lowest BCUT2D eigenvalue weighted by Gasteiger charge is -2.07. The van der Waals surface area contributed by atoms with Gasteiger partial charge >= 0.3 is 6.18 Å². The van der Waals surface area contributed by atoms with E-state index in [1.807, 2.05) is 0 Å². The SMILES string of the molecule is FC(F)(F)COCc1ccc(CCl)cn1. The van der Waals surface area contributed by atoms with E-state index in [1.54, 1.807) is 12.1 Å². The van der Waals surface area contributed by atoms with Crippen LogP contribution in [0.1, 0.15) is 11.3 Å². The quantitative estimate of drug-likeness (QED) is 0.754. The van der Waals surface area contributed by atoms with Crippen molar-refractivity contribution in [3.63, 3.8) is 0 Å². The van der Waals surface area contributed by atoms with Gasteiger partial charge in [-0.25, -0.2) is 0 Å². The van der Waals surface area contributed by atoms with Gasteiger partial charge in [0.15, 0.2) is 0 Å². The molecule has 2 nitrogen and oxygen atoms in total. The van der Waals surface area contributed by atoms with Gasteiger partial charge in [0.2, 0.25) is 0 Å². The van der Waals surface area contributed by atoms with Crippen molar-refractivity contribution < 1.29 is 17.9 Å². The second-order valence-corrected chi connectivity index (χ2v) is 3.17. The lowest BCUT2D eigenvalue weighted by Crippen LogP contribution is -2.16. The number of nitrogens with zero attached hydrogens (tertiary/aromatic N) is 1. The molecule has 0 unspecified atom stereocenters. The van der Waals surface area contributed by atoms with Crippen LogP contribution in [0.15, 0.2) is 18.3 Å². The van der Waals surface area contributed by atoms with E-state index in [0.717, 1.165) is 5.56 Å². The highest BCUT2D eigenvalue weighted by atomic mass is 35.5. The number of ether oxygens (including phenoxy) is 1. The molecule has 15 heavy (non-hydrogen) atoms. The maximum atomic E-state index is 11.7. The summed E-state index contributed by atoms with van der Waals surface area (Å²) >= 11 is 5.52. The number of halogens is 4. The largest absolute Gasteiger partial charge is 0.411 e. The summed E-state index contributed by atoms with van der Waals surface area (Å²) in [4.78, 5) is 3.89. The van der Waals surface area contributed by atoms with Gasteiger partial charge in [-0.05, 0) is 11.6 Å². The van der Waals surface area contributed by atoms with Gasteiger partial charge in [-0.3, -0.25) is 4.98 Å². The zero-order chi connectivity index (χ0) is 11.3. The van der Waals surface area contributed by atoms with Crippen molar-refractivity contribution in [2.24, 2.45) is 0 Å². The first-order valence-electron chi connectivity index (χ1n) is 4.15. The molecule has 0 radical (unpaired) electrons. The number of hydrogen-bond donors (Lipinski definition) is 0. The Kier molecular flexibility index (Phi) is 4.35. The fourth-order valence-electron chi connectivity index (χ4n) is 0.891. The third-order valence-electron chi connectivity index (χ3n) is 1.56. The van der Waals surface area contributed by atoms with Gasteiger partial charge in [-0.15, -0.1) is 11.6 Å². The molecule has 0 saturated carbocycles. The molecule has 1 aromatic rings. The Bertz CT molecular complexity index is 299. The number of hydrogen-bond acceptors (Lipinski definition) is 2. The topological polar surface area (TPSA) is 22.1 Å². The summed E-state index contributed by atoms with van der Waals surface area (Å²) in [6.45, 7) is -1.41. The number of pyridine rings is 1. The maximum absolute atomic E-state index is 11.7. The molecule has 0 amide bonds. The summed E-state index contributed by atoms with van der Waals surface area (Å²) in [5.74, 6) is 0.330. The van der Waals surface area contributed by atoms with E-state index in [-0.39, 0.29) is 6.61 Å². The Hall–Kier alpha value is -0.810. The fourth-order valence-corrected chi connectivity index (χ4v) is 1.05. The molecule has 0 N–H and O–H groups in total. The third-order valence-corrected chi connectivity index (χ3v) is 1.86. The summed E-state index contributed by atoms with van der Waals surface area (Å²) in [6, 6.07) is 3.29. The van der Waals surface area contributed by atoms with Crippen molar-refractivity contribution in [3.8, 4) is 0 Å². The van der Waals surface area contributed by atoms with Crippen molar-refractivity contribution in [1.29, 1.82) is 0 Å². The molecule has 0 aliphatic rings. The second-order valence-electron chi connectivity index (χ2n) is 2.90. The Balaban J connectivity index is 2.38. The molecule has 0 aliphatic heterocycles. The summed E-state index contributed by atoms with van der Waals surface area (Å²) < 4.78 is 39.6. The van der Waals surface area contributed by atoms with Crippen molar-refractivity contribution in [2.45, 2.75) is 18.7 Å². The van der Waals surface area contributed by atoms with Crippen LogP contribution in [-0.4, -0.2) is 17.8 Å². The number of rotatable bonds is 4. The first-order chi connectivity index (χ1) is 7.01. The second kappa shape index (κ2) is 5.32. The van der Waals surface area contributed by atoms with Gasteiger partial charge in [0.25, 0.3) is 0 Å². The molecule has 0 saturated heterocycles. The average Bonchev–Trinajstić information content (AvgIpc) is 2.17. The molecular weight excluding hydrogens is 231 g/mol. The molecule has 0 bridgehead atoms. The molecule has 1 aromatic heterocycles. The van der Waals surface area contributed by atoms with Gasteiger partial charge < -0.3 is 4.74 Å². The van der Waals surface area contributed by atoms with Crippen molar-refractivity contribution in [2.75, 3.05) is 6.61 Å². The first-order valence-corrected chi connectivity index (χ1v) is 4.69. The van der Waals surface area contributed by atoms with E-state index in [4.69, 9.17) is 11.6 Å². The van der Waals surface area contributed by atoms with Crippen molar-refractivity contribution in [1.82, 2.24) is 4.98 Å². The van der Waals surface area contributed by atoms with Crippen LogP contribution in [0, 0.1) is 0 Å². The molecule has 1 rings (SSSR count). The summed E-state index contributed by atoms with van der Waals surface area (Å²) in [5, 5.41) is 0. The molecule has 84 valence electrons. The van der Waals surface area contributed by atoms with Gasteiger partial charge in [0.1, 0.15) is 6.61 Å². The van der Waals surface area contributed by atoms with Crippen LogP contribution < -0.4 is 0 Å². The van der Waals surface area contributed by atoms with Crippen LogP contribution in [0.5, 0.6) is 0 Å². The third kappa shape index (κ3) is 4.99. The molecule has 0 atom stereocenters. The highest BCUT2D eigenvalue weighted by Gasteiger charge is 2.27. The molecular formula is C9H9ClF3NO. The Morgan fingerprint density at radius 3 is 2.53 bits per heavy atom. The lowest BCUT2D eigenvalue weighted by molar-refractivity contribution is -0.176. The van der Waals surface area contributed by atoms with E-state index in [1.165, 1.54) is 6.20 Å². The highest BCUT2D eigenvalue weighted by molar-refractivity contribution is 6.17. The number of alkyl halides is 4. The fraction of sp³-hybridized carbons (Fsp3) is 0.444. The van der Waals surface area contributed by atoms with Gasteiger partial charge in [-0.1, -0.05) is 6.07 Å². The molecule has 0 aliphatic carbocycles. The Morgan fingerprint density at radius 1 is 1.33 bits per heavy atom. The summed E-state index contributed by atoms with van der Waals surface area (Å²) in [6.07, 6.45) is -2.78. The van der Waals surface area contributed by atoms with Crippen molar-refractivity contribution in [3.05, 3.63) is 29.6 Å². The number of aromatic nitrogens is 1. The summed E-state index contributed by atoms with van der Waals surface area (Å²) in [7, 11) is 0. The van der Waals surface area contributed by atoms with Crippen LogP contribution >= 0.6 is 11.6 Å². The minimum Gasteiger partial charge on any atom is -0.366 e. The average molecular weight is 240 g/mol. The van der Waals surface area contributed by atoms with Crippen LogP contribution in [0.25, 0.3) is 0 Å². The lowest BCUT2D eigenvalue weighted by atomic mass is 10.3. The Labute approximate surface area is 90.0 Å². The molecule has 0 spiro atoms. The molecule has 0 fully saturated rings. The normalized spacial score (nSPS) is 11.7. The molecule has 1 heterocycles. The van der Waals surface area contributed by atoms with E-state index >= 15 is 0 Å². The minimum absolute atomic E-state index is 0.151. The Morgan fingerprint density at radius 2 is 2.07 bits per heavy atom. The van der Waals surface area contributed by atoms with Gasteiger partial charge in [-0.2, -0.15) is 13.2 Å². The van der Waals surface area contributed by atoms with Crippen LogP contribution in [0.2, 0.25) is 0 Å². The van der Waals surface area contributed by atoms with Gasteiger partial charge in [0, 0.05) is 12.1 Å². The molecule has 0 aromatic carbocycles. The molecule has 6 heteroatoms. The van der Waals surface area contributed by atoms with E-state index < -0.39 is 12.8 Å². The van der Waals surface area contributed by atoms with Crippen LogP contribution in [-0.2, 0) is 17.2 Å².